The summed E-state index contributed by atoms with van der Waals surface area (Å²) in [5.74, 6) is 2.56. The van der Waals surface area contributed by atoms with Gasteiger partial charge in [-0.05, 0) is 106 Å². The number of hydrogen-bond donors (Lipinski definition) is 0. The van der Waals surface area contributed by atoms with Crippen LogP contribution in [-0.4, -0.2) is 54.9 Å². The first-order chi connectivity index (χ1) is 19.9. The summed E-state index contributed by atoms with van der Waals surface area (Å²) < 4.78 is 7.49. The van der Waals surface area contributed by atoms with Crippen LogP contribution in [0.4, 0.5) is 5.69 Å². The van der Waals surface area contributed by atoms with Gasteiger partial charge in [0.1, 0.15) is 5.75 Å². The van der Waals surface area contributed by atoms with Crippen molar-refractivity contribution < 1.29 is 9.53 Å². The van der Waals surface area contributed by atoms with Crippen LogP contribution >= 0.6 is 0 Å². The van der Waals surface area contributed by atoms with Crippen LogP contribution in [0.25, 0.3) is 11.1 Å². The number of nitrogens with zero attached hydrogens (tertiary/aromatic N) is 4. The highest BCUT2D eigenvalue weighted by molar-refractivity contribution is 5.95. The topological polar surface area (TPSA) is 50.6 Å². The maximum Gasteiger partial charge on any atom is 0.230 e. The van der Waals surface area contributed by atoms with Crippen molar-refractivity contribution in [1.82, 2.24) is 14.7 Å². The Kier molecular flexibility index (Phi) is 9.81. The molecule has 6 nitrogen and oxygen atoms in total. The summed E-state index contributed by atoms with van der Waals surface area (Å²) in [6.45, 7) is 4.75. The molecule has 2 saturated carbocycles. The highest BCUT2D eigenvalue weighted by Gasteiger charge is 2.31. The summed E-state index contributed by atoms with van der Waals surface area (Å²) in [6.07, 6.45) is 14.4. The lowest BCUT2D eigenvalue weighted by Gasteiger charge is -2.35. The molecule has 0 spiro atoms. The van der Waals surface area contributed by atoms with Crippen LogP contribution in [0.3, 0.4) is 0 Å². The van der Waals surface area contributed by atoms with E-state index >= 15 is 0 Å². The Labute approximate surface area is 246 Å². The number of carbonyl (C=O) groups is 1. The molecule has 0 atom stereocenters. The van der Waals surface area contributed by atoms with E-state index in [1.807, 2.05) is 10.9 Å². The summed E-state index contributed by atoms with van der Waals surface area (Å²) >= 11 is 0. The van der Waals surface area contributed by atoms with E-state index < -0.39 is 0 Å². The quantitative estimate of drug-likeness (QED) is 0.263. The second kappa shape index (κ2) is 13.7. The van der Waals surface area contributed by atoms with Crippen LogP contribution in [-0.2, 0) is 11.3 Å². The van der Waals surface area contributed by atoms with E-state index in [1.54, 1.807) is 7.11 Å². The zero-order valence-electron chi connectivity index (χ0n) is 25.5. The zero-order valence-corrected chi connectivity index (χ0v) is 25.5. The number of methoxy groups -OCH3 is 1. The Hall–Kier alpha value is -3.12. The minimum absolute atomic E-state index is 0.153. The van der Waals surface area contributed by atoms with E-state index in [0.29, 0.717) is 17.7 Å². The summed E-state index contributed by atoms with van der Waals surface area (Å²) in [6, 6.07) is 15.2. The fraction of sp³-hybridized carbons (Fsp3) is 0.543. The van der Waals surface area contributed by atoms with Crippen molar-refractivity contribution >= 4 is 11.6 Å². The van der Waals surface area contributed by atoms with Gasteiger partial charge in [-0.25, -0.2) is 0 Å². The molecule has 6 heteroatoms. The number of rotatable bonds is 10. The molecule has 2 aliphatic rings. The van der Waals surface area contributed by atoms with Crippen LogP contribution in [0.15, 0.2) is 54.9 Å². The lowest BCUT2D eigenvalue weighted by atomic mass is 9.78. The molecular formula is C35H48N4O2. The van der Waals surface area contributed by atoms with Crippen LogP contribution in [0.5, 0.6) is 5.75 Å². The number of benzene rings is 2. The van der Waals surface area contributed by atoms with Crippen LogP contribution in [0, 0.1) is 18.8 Å². The normalized spacial score (nSPS) is 19.8. The van der Waals surface area contributed by atoms with Gasteiger partial charge in [0.15, 0.2) is 0 Å². The Morgan fingerprint density at radius 3 is 2.46 bits per heavy atom. The molecule has 2 aliphatic carbocycles. The Morgan fingerprint density at radius 1 is 0.976 bits per heavy atom. The molecule has 5 rings (SSSR count). The third kappa shape index (κ3) is 7.40. The monoisotopic (exact) mass is 556 g/mol. The van der Waals surface area contributed by atoms with Gasteiger partial charge in [-0.15, -0.1) is 0 Å². The molecule has 1 amide bonds. The molecule has 41 heavy (non-hydrogen) atoms. The average molecular weight is 557 g/mol. The molecule has 0 aliphatic heterocycles. The van der Waals surface area contributed by atoms with Gasteiger partial charge in [0.2, 0.25) is 5.91 Å². The molecule has 0 N–H and O–H groups in total. The van der Waals surface area contributed by atoms with Crippen molar-refractivity contribution in [3.8, 4) is 16.9 Å². The number of aryl methyl sites for hydroxylation is 1. The predicted octanol–water partition coefficient (Wildman–Crippen LogP) is 7.32. The van der Waals surface area contributed by atoms with E-state index in [1.165, 1.54) is 43.2 Å². The first-order valence-electron chi connectivity index (χ1n) is 15.6. The number of ether oxygens (including phenoxy) is 1. The van der Waals surface area contributed by atoms with E-state index in [-0.39, 0.29) is 5.92 Å². The van der Waals surface area contributed by atoms with Gasteiger partial charge in [-0.1, -0.05) is 43.5 Å². The molecule has 1 heterocycles. The van der Waals surface area contributed by atoms with E-state index in [0.717, 1.165) is 67.9 Å². The number of hydrogen-bond acceptors (Lipinski definition) is 4. The highest BCUT2D eigenvalue weighted by Crippen LogP contribution is 2.39. The minimum atomic E-state index is 0.153. The minimum Gasteiger partial charge on any atom is -0.496 e. The Balaban J connectivity index is 1.31. The van der Waals surface area contributed by atoms with E-state index in [2.05, 4.69) is 84.6 Å². The van der Waals surface area contributed by atoms with Crippen LogP contribution in [0.1, 0.15) is 74.8 Å². The van der Waals surface area contributed by atoms with Crippen LogP contribution < -0.4 is 9.64 Å². The average Bonchev–Trinajstić information content (AvgIpc) is 3.49. The molecule has 2 fully saturated rings. The second-order valence-electron chi connectivity index (χ2n) is 12.6. The molecule has 3 aromatic rings. The lowest BCUT2D eigenvalue weighted by Crippen LogP contribution is -2.41. The van der Waals surface area contributed by atoms with Gasteiger partial charge in [-0.3, -0.25) is 9.48 Å². The van der Waals surface area contributed by atoms with Crippen molar-refractivity contribution in [3.05, 3.63) is 66.0 Å². The Morgan fingerprint density at radius 2 is 1.76 bits per heavy atom. The maximum absolute atomic E-state index is 14.0. The molecule has 0 saturated heterocycles. The molecule has 1 aromatic heterocycles. The predicted molar refractivity (Wildman–Crippen MR) is 168 cm³/mol. The third-order valence-corrected chi connectivity index (χ3v) is 9.30. The van der Waals surface area contributed by atoms with Crippen LogP contribution in [0.2, 0.25) is 0 Å². The smallest absolute Gasteiger partial charge is 0.230 e. The SMILES string of the molecule is COc1ccc([C@H]2CC[C@H](CN(C(=O)C3CCCCC3)c3cccc(-c4cnn(CCN(C)C)c4)c3)CC2)cc1C. The summed E-state index contributed by atoms with van der Waals surface area (Å²) in [7, 11) is 5.90. The number of likely N-dealkylation sites (N-methyl/N-ethyl adjacent to an activating group) is 1. The van der Waals surface area contributed by atoms with Crippen molar-refractivity contribution in [2.75, 3.05) is 39.2 Å². The number of aromatic nitrogens is 2. The molecular weight excluding hydrogens is 508 g/mol. The van der Waals surface area contributed by atoms with Gasteiger partial charge in [-0.2, -0.15) is 5.10 Å². The zero-order chi connectivity index (χ0) is 28.8. The maximum atomic E-state index is 14.0. The number of carbonyl (C=O) groups excluding carboxylic acids is 1. The fourth-order valence-corrected chi connectivity index (χ4v) is 6.78. The fourth-order valence-electron chi connectivity index (χ4n) is 6.78. The molecule has 2 aromatic carbocycles. The van der Waals surface area contributed by atoms with Crippen molar-refractivity contribution in [3.63, 3.8) is 0 Å². The second-order valence-corrected chi connectivity index (χ2v) is 12.6. The summed E-state index contributed by atoms with van der Waals surface area (Å²) in [4.78, 5) is 18.4. The summed E-state index contributed by atoms with van der Waals surface area (Å²) in [5, 5.41) is 4.59. The van der Waals surface area contributed by atoms with Crippen molar-refractivity contribution in [2.24, 2.45) is 11.8 Å². The van der Waals surface area contributed by atoms with E-state index in [4.69, 9.17) is 4.74 Å². The Bertz CT molecular complexity index is 1280. The van der Waals surface area contributed by atoms with Crippen molar-refractivity contribution in [2.45, 2.75) is 77.2 Å². The molecule has 0 unspecified atom stereocenters. The van der Waals surface area contributed by atoms with Gasteiger partial charge in [0.25, 0.3) is 0 Å². The van der Waals surface area contributed by atoms with Gasteiger partial charge in [0, 0.05) is 36.5 Å². The standard InChI is InChI=1S/C35H48N4O2/c1-26-21-31(17-18-34(26)41-4)28-15-13-27(14-16-28)24-39(35(40)29-9-6-5-7-10-29)33-12-8-11-30(22-33)32-23-36-38(25-32)20-19-37(2)3/h8,11-12,17-18,21-23,25,27-29H,5-7,9-10,13-16,19-20,24H2,1-4H3/t27-,28-. The van der Waals surface area contributed by atoms with Crippen molar-refractivity contribution in [1.29, 1.82) is 0 Å². The van der Waals surface area contributed by atoms with Gasteiger partial charge < -0.3 is 14.5 Å². The third-order valence-electron chi connectivity index (χ3n) is 9.30. The molecule has 0 radical (unpaired) electrons. The van der Waals surface area contributed by atoms with Gasteiger partial charge >= 0.3 is 0 Å². The lowest BCUT2D eigenvalue weighted by molar-refractivity contribution is -0.123. The number of anilines is 1. The molecule has 220 valence electrons. The largest absolute Gasteiger partial charge is 0.496 e. The van der Waals surface area contributed by atoms with Gasteiger partial charge in [0.05, 0.1) is 19.9 Å². The number of amides is 1. The highest BCUT2D eigenvalue weighted by atomic mass is 16.5. The summed E-state index contributed by atoms with van der Waals surface area (Å²) in [5.41, 5.74) is 5.90. The first-order valence-corrected chi connectivity index (χ1v) is 15.6. The van der Waals surface area contributed by atoms with E-state index in [9.17, 15) is 4.79 Å². The molecule has 0 bridgehead atoms. The first kappa shape index (κ1) is 29.4.